The molecule has 0 heterocycles. The Bertz CT molecular complexity index is 202. The number of benzene rings is 1. The SMILES string of the molecule is O=C=O.[Li][c]1ccccc1. The summed E-state index contributed by atoms with van der Waals surface area (Å²) in [5, 5.41) is 0. The van der Waals surface area contributed by atoms with Crippen molar-refractivity contribution in [1.29, 1.82) is 0 Å². The van der Waals surface area contributed by atoms with Crippen molar-refractivity contribution >= 4 is 28.1 Å². The molecule has 0 spiro atoms. The minimum absolute atomic E-state index is 0.250. The van der Waals surface area contributed by atoms with Gasteiger partial charge in [0.15, 0.2) is 0 Å². The molecule has 0 radical (unpaired) electrons. The summed E-state index contributed by atoms with van der Waals surface area (Å²) in [6, 6.07) is 10.3. The van der Waals surface area contributed by atoms with Crippen LogP contribution in [-0.2, 0) is 9.59 Å². The Hall–Kier alpha value is -0.803. The van der Waals surface area contributed by atoms with Gasteiger partial charge < -0.3 is 0 Å². The summed E-state index contributed by atoms with van der Waals surface area (Å²) in [6.45, 7) is 0. The van der Waals surface area contributed by atoms with E-state index in [0.29, 0.717) is 0 Å². The first-order chi connectivity index (χ1) is 4.81. The summed E-state index contributed by atoms with van der Waals surface area (Å²) in [6.07, 6.45) is 0.250. The Kier molecular flexibility index (Phi) is 5.81. The molecule has 1 rings (SSSR count). The van der Waals surface area contributed by atoms with Crippen LogP contribution in [0.2, 0.25) is 0 Å². The van der Waals surface area contributed by atoms with Crippen molar-refractivity contribution in [2.24, 2.45) is 0 Å². The van der Waals surface area contributed by atoms with E-state index in [1.54, 1.807) is 0 Å². The van der Waals surface area contributed by atoms with Crippen LogP contribution in [-0.4, -0.2) is 23.9 Å². The fraction of sp³-hybridized carbons (Fsp3) is 0. The molecule has 0 unspecified atom stereocenters. The van der Waals surface area contributed by atoms with Crippen LogP contribution < -0.4 is 4.24 Å². The molecule has 0 saturated heterocycles. The fourth-order valence-corrected chi connectivity index (χ4v) is 0.534. The van der Waals surface area contributed by atoms with Crippen molar-refractivity contribution < 1.29 is 9.59 Å². The fourth-order valence-electron chi connectivity index (χ4n) is 0.534. The Morgan fingerprint density at radius 1 is 1.10 bits per heavy atom. The summed E-state index contributed by atoms with van der Waals surface area (Å²) >= 11 is 2.08. The normalized spacial score (nSPS) is 7.00. The molecule has 2 nitrogen and oxygen atoms in total. The third kappa shape index (κ3) is 5.34. The van der Waals surface area contributed by atoms with Crippen molar-refractivity contribution in [3.8, 4) is 0 Å². The van der Waals surface area contributed by atoms with Crippen molar-refractivity contribution in [2.45, 2.75) is 0 Å². The van der Waals surface area contributed by atoms with Crippen LogP contribution in [0.5, 0.6) is 0 Å². The predicted octanol–water partition coefficient (Wildman–Crippen LogP) is -0.103. The molecule has 1 aromatic carbocycles. The van der Waals surface area contributed by atoms with Gasteiger partial charge in [-0.05, 0) is 0 Å². The Morgan fingerprint density at radius 2 is 1.50 bits per heavy atom. The zero-order valence-corrected chi connectivity index (χ0v) is 5.70. The molecule has 0 saturated carbocycles. The van der Waals surface area contributed by atoms with E-state index in [2.05, 4.69) is 29.8 Å². The first kappa shape index (κ1) is 9.20. The molecular weight excluding hydrogens is 123 g/mol. The van der Waals surface area contributed by atoms with Crippen LogP contribution in [0.1, 0.15) is 0 Å². The molecular formula is C7H5LiO2. The molecule has 0 bridgehead atoms. The summed E-state index contributed by atoms with van der Waals surface area (Å²) in [5.41, 5.74) is 0. The first-order valence-corrected chi connectivity index (χ1v) is 2.82. The van der Waals surface area contributed by atoms with Gasteiger partial charge in [0.25, 0.3) is 0 Å². The monoisotopic (exact) mass is 128 g/mol. The van der Waals surface area contributed by atoms with E-state index in [9.17, 15) is 0 Å². The summed E-state index contributed by atoms with van der Waals surface area (Å²) in [4.78, 5) is 16.2. The molecule has 0 aliphatic heterocycles. The molecule has 0 atom stereocenters. The van der Waals surface area contributed by atoms with Gasteiger partial charge in [-0.25, -0.2) is 0 Å². The van der Waals surface area contributed by atoms with Crippen molar-refractivity contribution in [1.82, 2.24) is 0 Å². The van der Waals surface area contributed by atoms with Crippen LogP contribution in [0.15, 0.2) is 30.3 Å². The summed E-state index contributed by atoms with van der Waals surface area (Å²) < 4.78 is 1.32. The Labute approximate surface area is 68.4 Å². The van der Waals surface area contributed by atoms with Gasteiger partial charge in [-0.1, -0.05) is 0 Å². The second-order valence-electron chi connectivity index (χ2n) is 1.74. The molecule has 0 aliphatic carbocycles. The quantitative estimate of drug-likeness (QED) is 0.457. The second kappa shape index (κ2) is 6.32. The average molecular weight is 128 g/mol. The van der Waals surface area contributed by atoms with Gasteiger partial charge in [-0.15, -0.1) is 0 Å². The minimum atomic E-state index is 0.250. The molecule has 0 aliphatic rings. The van der Waals surface area contributed by atoms with Gasteiger partial charge in [0.1, 0.15) is 0 Å². The van der Waals surface area contributed by atoms with E-state index in [0.717, 1.165) is 0 Å². The molecule has 0 amide bonds. The predicted molar refractivity (Wildman–Crippen MR) is 36.8 cm³/mol. The van der Waals surface area contributed by atoms with E-state index in [-0.39, 0.29) is 6.15 Å². The summed E-state index contributed by atoms with van der Waals surface area (Å²) in [7, 11) is 0. The van der Waals surface area contributed by atoms with Gasteiger partial charge >= 0.3 is 58.4 Å². The zero-order chi connectivity index (χ0) is 7.82. The molecule has 0 fully saturated rings. The second-order valence-corrected chi connectivity index (χ2v) is 1.74. The molecule has 0 N–H and O–H groups in total. The number of rotatable bonds is 0. The van der Waals surface area contributed by atoms with Crippen molar-refractivity contribution in [3.05, 3.63) is 30.3 Å². The van der Waals surface area contributed by atoms with Gasteiger partial charge in [0, 0.05) is 0 Å². The van der Waals surface area contributed by atoms with E-state index < -0.39 is 0 Å². The molecule has 0 aromatic heterocycles. The summed E-state index contributed by atoms with van der Waals surface area (Å²) in [5.74, 6) is 0. The van der Waals surface area contributed by atoms with E-state index >= 15 is 0 Å². The van der Waals surface area contributed by atoms with Crippen LogP contribution in [0, 0.1) is 0 Å². The zero-order valence-electron chi connectivity index (χ0n) is 5.70. The van der Waals surface area contributed by atoms with Crippen molar-refractivity contribution in [2.75, 3.05) is 0 Å². The third-order valence-corrected chi connectivity index (χ3v) is 0.940. The maximum atomic E-state index is 8.12. The Morgan fingerprint density at radius 3 is 1.70 bits per heavy atom. The van der Waals surface area contributed by atoms with E-state index in [4.69, 9.17) is 9.59 Å². The van der Waals surface area contributed by atoms with E-state index in [1.807, 2.05) is 18.2 Å². The van der Waals surface area contributed by atoms with Crippen LogP contribution >= 0.6 is 0 Å². The third-order valence-electron chi connectivity index (χ3n) is 0.940. The first-order valence-electron chi connectivity index (χ1n) is 2.82. The van der Waals surface area contributed by atoms with Gasteiger partial charge in [0.2, 0.25) is 0 Å². The van der Waals surface area contributed by atoms with Gasteiger partial charge in [-0.2, -0.15) is 9.59 Å². The molecule has 1 aromatic rings. The van der Waals surface area contributed by atoms with Crippen LogP contribution in [0.25, 0.3) is 0 Å². The standard InChI is InChI=1S/C6H5.CO2.Li/c1-2-4-6-5-3-1;2-1-3;/h1-5H;;. The Balaban J connectivity index is 0.000000236. The van der Waals surface area contributed by atoms with Crippen molar-refractivity contribution in [3.63, 3.8) is 0 Å². The topological polar surface area (TPSA) is 34.1 Å². The number of carbonyl (C=O) groups excluding carboxylic acids is 2. The number of hydrogen-bond donors (Lipinski definition) is 0. The van der Waals surface area contributed by atoms with E-state index in [1.165, 1.54) is 4.24 Å². The van der Waals surface area contributed by atoms with Crippen LogP contribution in [0.3, 0.4) is 0 Å². The molecule has 46 valence electrons. The number of hydrogen-bond acceptors (Lipinski definition) is 2. The molecule has 3 heteroatoms. The van der Waals surface area contributed by atoms with Gasteiger partial charge in [0.05, 0.1) is 0 Å². The molecule has 10 heavy (non-hydrogen) atoms. The maximum absolute atomic E-state index is 8.12. The van der Waals surface area contributed by atoms with Gasteiger partial charge in [-0.3, -0.25) is 0 Å². The van der Waals surface area contributed by atoms with Crippen LogP contribution in [0.4, 0.5) is 0 Å². The average Bonchev–Trinajstić information content (AvgIpc) is 1.91.